The van der Waals surface area contributed by atoms with Crippen molar-refractivity contribution in [2.45, 2.75) is 64.3 Å². The number of aromatic nitrogens is 6. The van der Waals surface area contributed by atoms with Gasteiger partial charge >= 0.3 is 0 Å². The van der Waals surface area contributed by atoms with Crippen LogP contribution in [0.3, 0.4) is 0 Å². The second-order valence-electron chi connectivity index (χ2n) is 8.47. The van der Waals surface area contributed by atoms with Gasteiger partial charge in [0.2, 0.25) is 5.95 Å². The zero-order chi connectivity index (χ0) is 21.4. The van der Waals surface area contributed by atoms with E-state index in [4.69, 9.17) is 9.97 Å². The average Bonchev–Trinajstić information content (AvgIpc) is 3.53. The van der Waals surface area contributed by atoms with Crippen LogP contribution >= 0.6 is 11.3 Å². The molecule has 0 saturated carbocycles. The maximum absolute atomic E-state index is 13.0. The Bertz CT molecular complexity index is 1080. The van der Waals surface area contributed by atoms with Crippen molar-refractivity contribution in [1.29, 1.82) is 0 Å². The summed E-state index contributed by atoms with van der Waals surface area (Å²) >= 11 is 1.42. The highest BCUT2D eigenvalue weighted by Gasteiger charge is 2.34. The quantitative estimate of drug-likeness (QED) is 0.578. The summed E-state index contributed by atoms with van der Waals surface area (Å²) in [5.41, 5.74) is 4.98. The van der Waals surface area contributed by atoms with Crippen molar-refractivity contribution in [3.05, 3.63) is 33.5 Å². The van der Waals surface area contributed by atoms with Crippen LogP contribution in [0.2, 0.25) is 0 Å². The van der Waals surface area contributed by atoms with E-state index in [9.17, 15) is 4.79 Å². The minimum atomic E-state index is -0.214. The third kappa shape index (κ3) is 4.04. The molecule has 3 aromatic heterocycles. The summed E-state index contributed by atoms with van der Waals surface area (Å²) in [7, 11) is 0. The van der Waals surface area contributed by atoms with E-state index in [1.807, 2.05) is 6.07 Å². The molecule has 2 N–H and O–H groups in total. The van der Waals surface area contributed by atoms with Gasteiger partial charge in [0.1, 0.15) is 16.3 Å². The second kappa shape index (κ2) is 8.33. The number of nitrogens with one attached hydrogen (secondary N) is 2. The van der Waals surface area contributed by atoms with Gasteiger partial charge in [-0.3, -0.25) is 9.89 Å². The van der Waals surface area contributed by atoms with Crippen molar-refractivity contribution in [2.75, 3.05) is 16.8 Å². The van der Waals surface area contributed by atoms with Gasteiger partial charge in [-0.25, -0.2) is 4.98 Å². The largest absolute Gasteiger partial charge is 0.331 e. The standard InChI is InChI=1S/C21H26N8OS/c1-12(2)15-9-18(27-26-15)24-20-13-5-3-6-14(13)23-21(25-20)29-8-4-7-16(29)17(30)10-19-28-22-11-31-19/h9,11-12,16H,3-8,10H2,1-2H3,(H2,23,24,25,26,27). The van der Waals surface area contributed by atoms with E-state index in [0.29, 0.717) is 18.3 Å². The van der Waals surface area contributed by atoms with Gasteiger partial charge in [-0.2, -0.15) is 10.1 Å². The molecule has 1 unspecified atom stereocenters. The Morgan fingerprint density at radius 3 is 3.00 bits per heavy atom. The lowest BCUT2D eigenvalue weighted by Gasteiger charge is -2.24. The third-order valence-corrected chi connectivity index (χ3v) is 6.70. The van der Waals surface area contributed by atoms with E-state index in [1.54, 1.807) is 5.51 Å². The number of rotatable bonds is 7. The fourth-order valence-corrected chi connectivity index (χ4v) is 4.89. The average molecular weight is 439 g/mol. The lowest BCUT2D eigenvalue weighted by molar-refractivity contribution is -0.119. The van der Waals surface area contributed by atoms with Crippen LogP contribution in [0.15, 0.2) is 11.6 Å². The highest BCUT2D eigenvalue weighted by Crippen LogP contribution is 2.33. The Kier molecular flexibility index (Phi) is 5.39. The minimum absolute atomic E-state index is 0.154. The zero-order valence-electron chi connectivity index (χ0n) is 17.8. The monoisotopic (exact) mass is 438 g/mol. The third-order valence-electron chi connectivity index (χ3n) is 6.00. The number of aromatic amines is 1. The molecular formula is C21H26N8OS. The summed E-state index contributed by atoms with van der Waals surface area (Å²) in [5.74, 6) is 2.73. The van der Waals surface area contributed by atoms with Crippen LogP contribution in [-0.2, 0) is 24.1 Å². The molecule has 1 saturated heterocycles. The van der Waals surface area contributed by atoms with Crippen molar-refractivity contribution in [2.24, 2.45) is 0 Å². The summed E-state index contributed by atoms with van der Waals surface area (Å²) in [4.78, 5) is 24.8. The predicted octanol–water partition coefficient (Wildman–Crippen LogP) is 3.19. The maximum atomic E-state index is 13.0. The van der Waals surface area contributed by atoms with Crippen LogP contribution < -0.4 is 10.2 Å². The molecule has 10 heteroatoms. The summed E-state index contributed by atoms with van der Waals surface area (Å²) in [6, 6.07) is 1.81. The molecule has 31 heavy (non-hydrogen) atoms. The molecule has 5 rings (SSSR count). The molecule has 0 spiro atoms. The van der Waals surface area contributed by atoms with E-state index in [0.717, 1.165) is 72.2 Å². The van der Waals surface area contributed by atoms with Gasteiger partial charge in [0, 0.05) is 23.9 Å². The number of H-pyrrole nitrogens is 1. The molecule has 0 amide bonds. The van der Waals surface area contributed by atoms with Gasteiger partial charge in [-0.1, -0.05) is 13.8 Å². The van der Waals surface area contributed by atoms with Crippen LogP contribution in [0.4, 0.5) is 17.6 Å². The Hall–Kier alpha value is -2.88. The minimum Gasteiger partial charge on any atom is -0.331 e. The highest BCUT2D eigenvalue weighted by atomic mass is 32.1. The first-order chi connectivity index (χ1) is 15.1. The zero-order valence-corrected chi connectivity index (χ0v) is 18.6. The van der Waals surface area contributed by atoms with Crippen LogP contribution in [0.1, 0.15) is 61.0 Å². The number of fused-ring (bicyclic) bond motifs is 1. The molecule has 3 aromatic rings. The molecule has 1 aliphatic heterocycles. The summed E-state index contributed by atoms with van der Waals surface area (Å²) in [6.07, 6.45) is 5.05. The number of nitrogens with zero attached hydrogens (tertiary/aromatic N) is 6. The molecule has 0 bridgehead atoms. The Morgan fingerprint density at radius 1 is 1.32 bits per heavy atom. The molecule has 1 fully saturated rings. The first kappa shape index (κ1) is 20.0. The van der Waals surface area contributed by atoms with Crippen molar-refractivity contribution in [3.8, 4) is 0 Å². The number of anilines is 3. The Labute approximate surface area is 184 Å². The topological polar surface area (TPSA) is 113 Å². The van der Waals surface area contributed by atoms with Crippen LogP contribution in [0.5, 0.6) is 0 Å². The van der Waals surface area contributed by atoms with Gasteiger partial charge in [0.05, 0.1) is 18.2 Å². The van der Waals surface area contributed by atoms with Crippen LogP contribution in [0, 0.1) is 0 Å². The van der Waals surface area contributed by atoms with E-state index in [-0.39, 0.29) is 11.8 Å². The molecule has 2 aliphatic rings. The van der Waals surface area contributed by atoms with Crippen molar-refractivity contribution in [3.63, 3.8) is 0 Å². The number of aryl methyl sites for hydroxylation is 1. The molecular weight excluding hydrogens is 412 g/mol. The fraction of sp³-hybridized carbons (Fsp3) is 0.524. The van der Waals surface area contributed by atoms with E-state index < -0.39 is 0 Å². The summed E-state index contributed by atoms with van der Waals surface area (Å²) < 4.78 is 0. The molecule has 1 atom stereocenters. The number of carbonyl (C=O) groups is 1. The molecule has 1 aliphatic carbocycles. The summed E-state index contributed by atoms with van der Waals surface area (Å²) in [6.45, 7) is 5.04. The molecule has 9 nitrogen and oxygen atoms in total. The van der Waals surface area contributed by atoms with Crippen molar-refractivity contribution in [1.82, 2.24) is 30.4 Å². The van der Waals surface area contributed by atoms with Gasteiger partial charge in [-0.15, -0.1) is 21.5 Å². The van der Waals surface area contributed by atoms with Crippen LogP contribution in [0.25, 0.3) is 0 Å². The number of Topliss-reactive ketones (excluding diaryl/α,β-unsaturated/α-hetero) is 1. The molecule has 0 radical (unpaired) electrons. The second-order valence-corrected chi connectivity index (χ2v) is 9.38. The van der Waals surface area contributed by atoms with E-state index in [2.05, 4.69) is 44.5 Å². The lowest BCUT2D eigenvalue weighted by atomic mass is 10.1. The summed E-state index contributed by atoms with van der Waals surface area (Å²) in [5, 5.41) is 19.5. The maximum Gasteiger partial charge on any atom is 0.228 e. The highest BCUT2D eigenvalue weighted by molar-refractivity contribution is 7.09. The predicted molar refractivity (Wildman–Crippen MR) is 119 cm³/mol. The lowest BCUT2D eigenvalue weighted by Crippen LogP contribution is -2.38. The van der Waals surface area contributed by atoms with Crippen molar-refractivity contribution < 1.29 is 4.79 Å². The van der Waals surface area contributed by atoms with Crippen LogP contribution in [-0.4, -0.2) is 48.7 Å². The normalized spacial score (nSPS) is 18.0. The Balaban J connectivity index is 1.42. The SMILES string of the molecule is CC(C)c1cc(Nc2nc(N3CCCC3C(=O)Cc3nncs3)nc3c2CCC3)n[nH]1. The van der Waals surface area contributed by atoms with Gasteiger partial charge in [-0.05, 0) is 38.0 Å². The number of carbonyl (C=O) groups excluding carboxylic acids is 1. The number of hydrogen-bond donors (Lipinski definition) is 2. The smallest absolute Gasteiger partial charge is 0.228 e. The molecule has 0 aromatic carbocycles. The van der Waals surface area contributed by atoms with Gasteiger partial charge in [0.25, 0.3) is 0 Å². The molecule has 4 heterocycles. The van der Waals surface area contributed by atoms with Gasteiger partial charge < -0.3 is 10.2 Å². The fourth-order valence-electron chi connectivity index (χ4n) is 4.35. The number of ketones is 1. The first-order valence-corrected chi connectivity index (χ1v) is 11.7. The van der Waals surface area contributed by atoms with E-state index in [1.165, 1.54) is 11.3 Å². The Morgan fingerprint density at radius 2 is 2.23 bits per heavy atom. The number of hydrogen-bond acceptors (Lipinski definition) is 9. The first-order valence-electron chi connectivity index (χ1n) is 10.8. The van der Waals surface area contributed by atoms with E-state index >= 15 is 0 Å². The molecule has 162 valence electrons. The van der Waals surface area contributed by atoms with Crippen molar-refractivity contribution >= 4 is 34.7 Å². The van der Waals surface area contributed by atoms with Gasteiger partial charge in [0.15, 0.2) is 11.6 Å².